The predicted molar refractivity (Wildman–Crippen MR) is 67.4 cm³/mol. The van der Waals surface area contributed by atoms with Crippen molar-refractivity contribution in [2.45, 2.75) is 0 Å². The Labute approximate surface area is 102 Å². The Balaban J connectivity index is 2.23. The van der Waals surface area contributed by atoms with Crippen LogP contribution in [0.1, 0.15) is 10.5 Å². The number of rotatable bonds is 2. The second kappa shape index (κ2) is 4.42. The van der Waals surface area contributed by atoms with E-state index in [1.165, 1.54) is 28.4 Å². The number of nitrogens with two attached hydrogens (primary N) is 1. The summed E-state index contributed by atoms with van der Waals surface area (Å²) in [5, 5.41) is 11.2. The molecule has 17 heavy (non-hydrogen) atoms. The van der Waals surface area contributed by atoms with Gasteiger partial charge < -0.3 is 15.7 Å². The molecule has 6 heteroatoms. The van der Waals surface area contributed by atoms with Crippen LogP contribution in [-0.4, -0.2) is 23.0 Å². The van der Waals surface area contributed by atoms with Crippen LogP contribution in [0.3, 0.4) is 0 Å². The summed E-state index contributed by atoms with van der Waals surface area (Å²) >= 11 is 1.23. The van der Waals surface area contributed by atoms with E-state index >= 15 is 0 Å². The molecule has 1 heterocycles. The highest BCUT2D eigenvalue weighted by atomic mass is 32.1. The molecule has 5 nitrogen and oxygen atoms in total. The summed E-state index contributed by atoms with van der Waals surface area (Å²) in [6.07, 6.45) is 0. The first-order valence-electron chi connectivity index (χ1n) is 4.86. The van der Waals surface area contributed by atoms with Gasteiger partial charge in [-0.3, -0.25) is 4.79 Å². The SMILES string of the molecule is CN(C(=O)c1csc(N)n1)c1ccc(O)cc1. The number of benzene rings is 1. The number of phenolic OH excluding ortho intramolecular Hbond substituents is 1. The fourth-order valence-corrected chi connectivity index (χ4v) is 1.89. The summed E-state index contributed by atoms with van der Waals surface area (Å²) in [7, 11) is 1.64. The maximum atomic E-state index is 12.0. The molecule has 0 spiro atoms. The third-order valence-electron chi connectivity index (χ3n) is 2.28. The molecule has 0 saturated carbocycles. The Kier molecular flexibility index (Phi) is 2.97. The number of anilines is 2. The summed E-state index contributed by atoms with van der Waals surface area (Å²) in [6.45, 7) is 0. The minimum Gasteiger partial charge on any atom is -0.508 e. The predicted octanol–water partition coefficient (Wildman–Crippen LogP) is 1.71. The van der Waals surface area contributed by atoms with Crippen molar-refractivity contribution in [3.8, 4) is 5.75 Å². The highest BCUT2D eigenvalue weighted by Crippen LogP contribution is 2.20. The molecule has 1 aromatic heterocycles. The zero-order chi connectivity index (χ0) is 12.4. The smallest absolute Gasteiger partial charge is 0.277 e. The van der Waals surface area contributed by atoms with Gasteiger partial charge in [0, 0.05) is 18.1 Å². The summed E-state index contributed by atoms with van der Waals surface area (Å²) in [5.74, 6) is -0.0730. The van der Waals surface area contributed by atoms with Crippen LogP contribution in [0.2, 0.25) is 0 Å². The fraction of sp³-hybridized carbons (Fsp3) is 0.0909. The van der Waals surface area contributed by atoms with E-state index in [0.29, 0.717) is 16.5 Å². The number of nitrogens with zero attached hydrogens (tertiary/aromatic N) is 2. The minimum atomic E-state index is -0.233. The minimum absolute atomic E-state index is 0.160. The van der Waals surface area contributed by atoms with Crippen molar-refractivity contribution in [2.24, 2.45) is 0 Å². The van der Waals surface area contributed by atoms with Gasteiger partial charge in [-0.1, -0.05) is 0 Å². The van der Waals surface area contributed by atoms with Crippen LogP contribution in [0.5, 0.6) is 5.75 Å². The van der Waals surface area contributed by atoms with Gasteiger partial charge in [-0.2, -0.15) is 0 Å². The van der Waals surface area contributed by atoms with Gasteiger partial charge in [0.1, 0.15) is 11.4 Å². The normalized spacial score (nSPS) is 10.2. The Morgan fingerprint density at radius 3 is 2.59 bits per heavy atom. The molecule has 0 fully saturated rings. The Bertz CT molecular complexity index is 536. The highest BCUT2D eigenvalue weighted by Gasteiger charge is 2.16. The molecule has 2 rings (SSSR count). The zero-order valence-corrected chi connectivity index (χ0v) is 9.94. The van der Waals surface area contributed by atoms with E-state index in [2.05, 4.69) is 4.98 Å². The van der Waals surface area contributed by atoms with Crippen molar-refractivity contribution in [3.05, 3.63) is 35.3 Å². The van der Waals surface area contributed by atoms with Gasteiger partial charge in [-0.25, -0.2) is 4.98 Å². The van der Waals surface area contributed by atoms with Gasteiger partial charge in [-0.15, -0.1) is 11.3 Å². The van der Waals surface area contributed by atoms with Gasteiger partial charge in [0.05, 0.1) is 0 Å². The third-order valence-corrected chi connectivity index (χ3v) is 2.96. The van der Waals surface area contributed by atoms with Crippen LogP contribution in [0.4, 0.5) is 10.8 Å². The Morgan fingerprint density at radius 1 is 1.41 bits per heavy atom. The number of carbonyl (C=O) groups excluding carboxylic acids is 1. The molecule has 0 bridgehead atoms. The van der Waals surface area contributed by atoms with E-state index in [1.807, 2.05) is 0 Å². The molecule has 3 N–H and O–H groups in total. The molecule has 0 aliphatic carbocycles. The molecule has 0 atom stereocenters. The van der Waals surface area contributed by atoms with Crippen LogP contribution in [0, 0.1) is 0 Å². The number of thiazole rings is 1. The quantitative estimate of drug-likeness (QED) is 0.849. The van der Waals surface area contributed by atoms with E-state index in [4.69, 9.17) is 10.8 Å². The van der Waals surface area contributed by atoms with Gasteiger partial charge in [0.15, 0.2) is 5.13 Å². The molecule has 1 aromatic carbocycles. The topological polar surface area (TPSA) is 79.5 Å². The fourth-order valence-electron chi connectivity index (χ4n) is 1.35. The number of phenols is 1. The maximum absolute atomic E-state index is 12.0. The van der Waals surface area contributed by atoms with Crippen molar-refractivity contribution in [1.82, 2.24) is 4.98 Å². The zero-order valence-electron chi connectivity index (χ0n) is 9.12. The van der Waals surface area contributed by atoms with Crippen LogP contribution < -0.4 is 10.6 Å². The average molecular weight is 249 g/mol. The molecule has 2 aromatic rings. The van der Waals surface area contributed by atoms with Crippen molar-refractivity contribution < 1.29 is 9.90 Å². The van der Waals surface area contributed by atoms with Crippen LogP contribution in [-0.2, 0) is 0 Å². The summed E-state index contributed by atoms with van der Waals surface area (Å²) in [4.78, 5) is 17.4. The van der Waals surface area contributed by atoms with Gasteiger partial charge in [-0.05, 0) is 24.3 Å². The third kappa shape index (κ3) is 2.36. The van der Waals surface area contributed by atoms with Crippen molar-refractivity contribution >= 4 is 28.1 Å². The summed E-state index contributed by atoms with van der Waals surface area (Å²) in [6, 6.07) is 6.36. The van der Waals surface area contributed by atoms with E-state index in [1.54, 1.807) is 24.6 Å². The second-order valence-corrected chi connectivity index (χ2v) is 4.34. The molecule has 0 radical (unpaired) electrons. The summed E-state index contributed by atoms with van der Waals surface area (Å²) in [5.41, 5.74) is 6.48. The number of amides is 1. The maximum Gasteiger partial charge on any atom is 0.277 e. The van der Waals surface area contributed by atoms with E-state index in [0.717, 1.165) is 0 Å². The van der Waals surface area contributed by atoms with Crippen molar-refractivity contribution in [2.75, 3.05) is 17.7 Å². The van der Waals surface area contributed by atoms with Gasteiger partial charge >= 0.3 is 0 Å². The first-order valence-corrected chi connectivity index (χ1v) is 5.74. The van der Waals surface area contributed by atoms with E-state index in [9.17, 15) is 4.79 Å². The second-order valence-electron chi connectivity index (χ2n) is 3.45. The molecule has 0 unspecified atom stereocenters. The average Bonchev–Trinajstić information content (AvgIpc) is 2.75. The number of hydrogen-bond acceptors (Lipinski definition) is 5. The lowest BCUT2D eigenvalue weighted by Gasteiger charge is -2.15. The molecule has 88 valence electrons. The summed E-state index contributed by atoms with van der Waals surface area (Å²) < 4.78 is 0. The lowest BCUT2D eigenvalue weighted by molar-refractivity contribution is 0.0989. The van der Waals surface area contributed by atoms with E-state index in [-0.39, 0.29) is 11.7 Å². The first-order chi connectivity index (χ1) is 8.08. The lowest BCUT2D eigenvalue weighted by atomic mass is 10.2. The van der Waals surface area contributed by atoms with Gasteiger partial charge in [0.25, 0.3) is 5.91 Å². The molecular weight excluding hydrogens is 238 g/mol. The number of hydrogen-bond donors (Lipinski definition) is 2. The molecule has 1 amide bonds. The molecule has 0 saturated heterocycles. The lowest BCUT2D eigenvalue weighted by Crippen LogP contribution is -2.26. The van der Waals surface area contributed by atoms with Crippen LogP contribution >= 0.6 is 11.3 Å². The number of aromatic nitrogens is 1. The highest BCUT2D eigenvalue weighted by molar-refractivity contribution is 7.13. The Hall–Kier alpha value is -2.08. The number of aromatic hydroxyl groups is 1. The molecule has 0 aliphatic heterocycles. The largest absolute Gasteiger partial charge is 0.508 e. The van der Waals surface area contributed by atoms with E-state index < -0.39 is 0 Å². The molecule has 0 aliphatic rings. The standard InChI is InChI=1S/C11H11N3O2S/c1-14(7-2-4-8(15)5-3-7)10(16)9-6-17-11(12)13-9/h2-6,15H,1H3,(H2,12,13). The van der Waals surface area contributed by atoms with Crippen LogP contribution in [0.25, 0.3) is 0 Å². The monoisotopic (exact) mass is 249 g/mol. The Morgan fingerprint density at radius 2 is 2.06 bits per heavy atom. The molecular formula is C11H11N3O2S. The first kappa shape index (κ1) is 11.4. The van der Waals surface area contributed by atoms with Gasteiger partial charge in [0.2, 0.25) is 0 Å². The number of carbonyl (C=O) groups is 1. The number of nitrogen functional groups attached to an aromatic ring is 1. The van der Waals surface area contributed by atoms with Crippen LogP contribution in [0.15, 0.2) is 29.6 Å². The van der Waals surface area contributed by atoms with Crippen molar-refractivity contribution in [3.63, 3.8) is 0 Å². The van der Waals surface area contributed by atoms with Crippen molar-refractivity contribution in [1.29, 1.82) is 0 Å².